The van der Waals surface area contributed by atoms with Crippen molar-refractivity contribution in [2.45, 2.75) is 0 Å². The molecule has 1 amide bonds. The van der Waals surface area contributed by atoms with Gasteiger partial charge < -0.3 is 19.5 Å². The number of amides is 1. The van der Waals surface area contributed by atoms with Gasteiger partial charge in [0.15, 0.2) is 0 Å². The Bertz CT molecular complexity index is 513. The van der Waals surface area contributed by atoms with Crippen molar-refractivity contribution in [3.8, 4) is 5.75 Å². The lowest BCUT2D eigenvalue weighted by atomic mass is 10.2. The molecule has 21 heavy (non-hydrogen) atoms. The summed E-state index contributed by atoms with van der Waals surface area (Å²) in [7, 11) is 3.06. The molecule has 1 aromatic rings. The zero-order chi connectivity index (χ0) is 15.7. The second-order valence-electron chi connectivity index (χ2n) is 4.26. The molecule has 0 heterocycles. The summed E-state index contributed by atoms with van der Waals surface area (Å²) in [6.07, 6.45) is 2.96. The van der Waals surface area contributed by atoms with Crippen LogP contribution in [0.1, 0.15) is 5.56 Å². The van der Waals surface area contributed by atoms with Crippen LogP contribution in [0.25, 0.3) is 6.08 Å². The molecular formula is C15H19NO5. The number of rotatable bonds is 8. The first-order valence-electron chi connectivity index (χ1n) is 6.38. The Labute approximate surface area is 123 Å². The zero-order valence-corrected chi connectivity index (χ0v) is 12.1. The van der Waals surface area contributed by atoms with Gasteiger partial charge in [0, 0.05) is 19.7 Å². The maximum Gasteiger partial charge on any atom is 0.323 e. The van der Waals surface area contributed by atoms with Crippen LogP contribution >= 0.6 is 0 Å². The Balaban J connectivity index is 2.74. The Morgan fingerprint density at radius 2 is 2.10 bits per heavy atom. The van der Waals surface area contributed by atoms with Crippen molar-refractivity contribution >= 4 is 18.0 Å². The van der Waals surface area contributed by atoms with E-state index in [9.17, 15) is 9.59 Å². The molecule has 0 aliphatic heterocycles. The lowest BCUT2D eigenvalue weighted by Crippen LogP contribution is -2.36. The van der Waals surface area contributed by atoms with Crippen LogP contribution in [0.4, 0.5) is 0 Å². The summed E-state index contributed by atoms with van der Waals surface area (Å²) in [5.41, 5.74) is 0.796. The van der Waals surface area contributed by atoms with Gasteiger partial charge in [-0.2, -0.15) is 0 Å². The molecule has 1 aromatic carbocycles. The predicted molar refractivity (Wildman–Crippen MR) is 78.1 cm³/mol. The number of aliphatic carboxylic acids is 1. The molecule has 0 saturated heterocycles. The highest BCUT2D eigenvalue weighted by molar-refractivity contribution is 5.93. The molecule has 0 aromatic heterocycles. The Kier molecular flexibility index (Phi) is 6.97. The van der Waals surface area contributed by atoms with Crippen LogP contribution < -0.4 is 4.74 Å². The second kappa shape index (κ2) is 8.76. The first-order valence-corrected chi connectivity index (χ1v) is 6.38. The van der Waals surface area contributed by atoms with Gasteiger partial charge in [0.25, 0.3) is 0 Å². The van der Waals surface area contributed by atoms with Crippen LogP contribution in [0.3, 0.4) is 0 Å². The minimum Gasteiger partial charge on any atom is -0.497 e. The molecule has 1 N–H and O–H groups in total. The number of methoxy groups -OCH3 is 2. The number of carbonyl (C=O) groups is 2. The van der Waals surface area contributed by atoms with Crippen LogP contribution in [0.5, 0.6) is 5.75 Å². The topological polar surface area (TPSA) is 76.1 Å². The standard InChI is InChI=1S/C15H19NO5/c1-20-9-8-16(11-15(18)19)14(17)7-6-12-4-3-5-13(10-12)21-2/h3-7,10H,8-9,11H2,1-2H3,(H,18,19). The Morgan fingerprint density at radius 3 is 2.71 bits per heavy atom. The van der Waals surface area contributed by atoms with E-state index in [2.05, 4.69) is 0 Å². The van der Waals surface area contributed by atoms with Crippen LogP contribution in [0, 0.1) is 0 Å². The van der Waals surface area contributed by atoms with Gasteiger partial charge >= 0.3 is 5.97 Å². The molecule has 0 bridgehead atoms. The predicted octanol–water partition coefficient (Wildman–Crippen LogP) is 1.27. The molecule has 6 nitrogen and oxygen atoms in total. The number of benzene rings is 1. The highest BCUT2D eigenvalue weighted by Crippen LogP contribution is 2.13. The normalized spacial score (nSPS) is 10.6. The van der Waals surface area contributed by atoms with Gasteiger partial charge in [0.1, 0.15) is 12.3 Å². The fraction of sp³-hybridized carbons (Fsp3) is 0.333. The number of carboxylic acids is 1. The third-order valence-electron chi connectivity index (χ3n) is 2.72. The van der Waals surface area contributed by atoms with Gasteiger partial charge in [-0.05, 0) is 23.8 Å². The van der Waals surface area contributed by atoms with Crippen LogP contribution in [0.2, 0.25) is 0 Å². The number of hydrogen-bond acceptors (Lipinski definition) is 4. The third kappa shape index (κ3) is 6.09. The smallest absolute Gasteiger partial charge is 0.323 e. The summed E-state index contributed by atoms with van der Waals surface area (Å²) in [6, 6.07) is 7.21. The summed E-state index contributed by atoms with van der Waals surface area (Å²) < 4.78 is 9.96. The molecule has 0 spiro atoms. The van der Waals surface area contributed by atoms with E-state index in [1.807, 2.05) is 12.1 Å². The second-order valence-corrected chi connectivity index (χ2v) is 4.26. The molecule has 0 radical (unpaired) electrons. The number of carbonyl (C=O) groups excluding carboxylic acids is 1. The number of nitrogens with zero attached hydrogens (tertiary/aromatic N) is 1. The summed E-state index contributed by atoms with van der Waals surface area (Å²) in [5.74, 6) is -0.752. The minimum absolute atomic E-state index is 0.226. The van der Waals surface area contributed by atoms with Gasteiger partial charge in [-0.1, -0.05) is 12.1 Å². The molecule has 0 aliphatic rings. The van der Waals surface area contributed by atoms with Crippen molar-refractivity contribution in [2.75, 3.05) is 33.9 Å². The molecule has 1 rings (SSSR count). The van der Waals surface area contributed by atoms with E-state index in [0.717, 1.165) is 5.56 Å². The molecule has 0 unspecified atom stereocenters. The maximum atomic E-state index is 12.0. The largest absolute Gasteiger partial charge is 0.497 e. The highest BCUT2D eigenvalue weighted by atomic mass is 16.5. The summed E-state index contributed by atoms with van der Waals surface area (Å²) in [6.45, 7) is 0.154. The molecule has 114 valence electrons. The zero-order valence-electron chi connectivity index (χ0n) is 12.1. The average molecular weight is 293 g/mol. The Morgan fingerprint density at radius 1 is 1.33 bits per heavy atom. The van der Waals surface area contributed by atoms with E-state index in [-0.39, 0.29) is 25.6 Å². The van der Waals surface area contributed by atoms with Crippen LogP contribution in [-0.4, -0.2) is 55.8 Å². The van der Waals surface area contributed by atoms with Gasteiger partial charge in [-0.15, -0.1) is 0 Å². The van der Waals surface area contributed by atoms with E-state index < -0.39 is 5.97 Å². The van der Waals surface area contributed by atoms with Crippen LogP contribution in [-0.2, 0) is 14.3 Å². The fourth-order valence-corrected chi connectivity index (χ4v) is 1.65. The van der Waals surface area contributed by atoms with E-state index in [1.165, 1.54) is 18.1 Å². The number of ether oxygens (including phenoxy) is 2. The van der Waals surface area contributed by atoms with Gasteiger partial charge in [-0.3, -0.25) is 9.59 Å². The van der Waals surface area contributed by atoms with Gasteiger partial charge in [0.2, 0.25) is 5.91 Å². The molecular weight excluding hydrogens is 274 g/mol. The highest BCUT2D eigenvalue weighted by Gasteiger charge is 2.13. The monoisotopic (exact) mass is 293 g/mol. The van der Waals surface area contributed by atoms with Crippen molar-refractivity contribution in [1.29, 1.82) is 0 Å². The van der Waals surface area contributed by atoms with Crippen molar-refractivity contribution in [2.24, 2.45) is 0 Å². The van der Waals surface area contributed by atoms with E-state index in [1.54, 1.807) is 25.3 Å². The van der Waals surface area contributed by atoms with Crippen LogP contribution in [0.15, 0.2) is 30.3 Å². The third-order valence-corrected chi connectivity index (χ3v) is 2.72. The summed E-state index contributed by atoms with van der Waals surface area (Å²) in [5, 5.41) is 8.81. The quantitative estimate of drug-likeness (QED) is 0.730. The lowest BCUT2D eigenvalue weighted by Gasteiger charge is -2.18. The molecule has 6 heteroatoms. The molecule has 0 aliphatic carbocycles. The maximum absolute atomic E-state index is 12.0. The molecule has 0 atom stereocenters. The van der Waals surface area contributed by atoms with E-state index in [0.29, 0.717) is 5.75 Å². The van der Waals surface area contributed by atoms with Crippen molar-refractivity contribution in [1.82, 2.24) is 4.90 Å². The lowest BCUT2D eigenvalue weighted by molar-refractivity contribution is -0.143. The van der Waals surface area contributed by atoms with Gasteiger partial charge in [0.05, 0.1) is 13.7 Å². The van der Waals surface area contributed by atoms with Gasteiger partial charge in [-0.25, -0.2) is 0 Å². The molecule has 0 fully saturated rings. The number of carboxylic acid groups (broad SMARTS) is 1. The molecule has 0 saturated carbocycles. The van der Waals surface area contributed by atoms with E-state index in [4.69, 9.17) is 14.6 Å². The summed E-state index contributed by atoms with van der Waals surface area (Å²) >= 11 is 0. The Hall–Kier alpha value is -2.34. The first-order chi connectivity index (χ1) is 10.1. The number of hydrogen-bond donors (Lipinski definition) is 1. The first kappa shape index (κ1) is 16.7. The van der Waals surface area contributed by atoms with Crippen molar-refractivity contribution in [3.05, 3.63) is 35.9 Å². The fourth-order valence-electron chi connectivity index (χ4n) is 1.65. The SMILES string of the molecule is COCCN(CC(=O)O)C(=O)C=Cc1cccc(OC)c1. The average Bonchev–Trinajstić information content (AvgIpc) is 2.48. The summed E-state index contributed by atoms with van der Waals surface area (Å²) in [4.78, 5) is 24.0. The van der Waals surface area contributed by atoms with Crippen molar-refractivity contribution < 1.29 is 24.2 Å². The van der Waals surface area contributed by atoms with Crippen molar-refractivity contribution in [3.63, 3.8) is 0 Å². The van der Waals surface area contributed by atoms with E-state index >= 15 is 0 Å². The minimum atomic E-state index is -1.06.